The second-order valence-corrected chi connectivity index (χ2v) is 4.84. The molecule has 15 heteroatoms. The monoisotopic (exact) mass is 394 g/mol. The molecule has 0 spiro atoms. The fraction of sp³-hybridized carbons (Fsp3) is 0.333. The van der Waals surface area contributed by atoms with Crippen molar-refractivity contribution in [3.63, 3.8) is 0 Å². The van der Waals surface area contributed by atoms with E-state index >= 15 is 0 Å². The second kappa shape index (κ2) is 7.89. The van der Waals surface area contributed by atoms with Crippen molar-refractivity contribution < 1.29 is 73.7 Å². The maximum absolute atomic E-state index is 11.5. The average Bonchev–Trinajstić information content (AvgIpc) is 2.47. The van der Waals surface area contributed by atoms with Gasteiger partial charge in [-0.2, -0.15) is 0 Å². The summed E-state index contributed by atoms with van der Waals surface area (Å²) in [5.74, 6) is -19.3. The molecule has 0 aliphatic heterocycles. The van der Waals surface area contributed by atoms with Crippen molar-refractivity contribution >= 4 is 47.8 Å². The maximum atomic E-state index is 11.5. The van der Waals surface area contributed by atoms with E-state index in [4.69, 9.17) is 30.6 Å². The molecule has 6 N–H and O–H groups in total. The van der Waals surface area contributed by atoms with E-state index in [2.05, 4.69) is 4.74 Å². The Morgan fingerprint density at radius 3 is 0.815 bits per heavy atom. The summed E-state index contributed by atoms with van der Waals surface area (Å²) in [6.07, 6.45) is -3.89. The van der Waals surface area contributed by atoms with Crippen LogP contribution in [0.4, 0.5) is 0 Å². The highest BCUT2D eigenvalue weighted by molar-refractivity contribution is 6.20. The minimum atomic E-state index is -3.76. The minimum Gasteiger partial charge on any atom is -0.480 e. The van der Waals surface area contributed by atoms with Gasteiger partial charge in [-0.3, -0.25) is 38.4 Å². The lowest BCUT2D eigenvalue weighted by atomic mass is 9.84. The largest absolute Gasteiger partial charge is 0.480 e. The third kappa shape index (κ3) is 4.14. The van der Waals surface area contributed by atoms with E-state index in [1.165, 1.54) is 0 Å². The molecule has 15 nitrogen and oxygen atoms in total. The van der Waals surface area contributed by atoms with Crippen LogP contribution in [0, 0.1) is 10.8 Å². The van der Waals surface area contributed by atoms with Crippen molar-refractivity contribution in [2.45, 2.75) is 12.8 Å². The molecule has 0 aliphatic carbocycles. The molecule has 27 heavy (non-hydrogen) atoms. The lowest BCUT2D eigenvalue weighted by molar-refractivity contribution is -0.184. The van der Waals surface area contributed by atoms with Gasteiger partial charge in [-0.25, -0.2) is 0 Å². The molecule has 0 aromatic heterocycles. The Hall–Kier alpha value is -4.04. The zero-order valence-electron chi connectivity index (χ0n) is 12.8. The zero-order chi connectivity index (χ0) is 21.7. The summed E-state index contributed by atoms with van der Waals surface area (Å²) in [4.78, 5) is 88.6. The Balaban J connectivity index is 5.62. The molecule has 0 aliphatic rings. The highest BCUT2D eigenvalue weighted by atomic mass is 16.6. The number of esters is 2. The van der Waals surface area contributed by atoms with Crippen LogP contribution >= 0.6 is 0 Å². The van der Waals surface area contributed by atoms with Gasteiger partial charge < -0.3 is 35.4 Å². The van der Waals surface area contributed by atoms with Crippen LogP contribution < -0.4 is 0 Å². The van der Waals surface area contributed by atoms with Crippen LogP contribution in [0.2, 0.25) is 0 Å². The fourth-order valence-corrected chi connectivity index (χ4v) is 1.63. The molecule has 0 radical (unpaired) electrons. The predicted octanol–water partition coefficient (Wildman–Crippen LogP) is -2.68. The van der Waals surface area contributed by atoms with Crippen LogP contribution in [0.5, 0.6) is 0 Å². The number of rotatable bonds is 10. The van der Waals surface area contributed by atoms with Crippen molar-refractivity contribution in [1.82, 2.24) is 0 Å². The number of carbonyl (C=O) groups excluding carboxylic acids is 2. The summed E-state index contributed by atoms with van der Waals surface area (Å²) in [7, 11) is 0. The van der Waals surface area contributed by atoms with Gasteiger partial charge in [0.05, 0.1) is 12.8 Å². The van der Waals surface area contributed by atoms with Crippen LogP contribution in [0.25, 0.3) is 0 Å². The molecule has 0 bridgehead atoms. The first-order valence-electron chi connectivity index (χ1n) is 6.30. The van der Waals surface area contributed by atoms with Gasteiger partial charge in [0.1, 0.15) is 0 Å². The van der Waals surface area contributed by atoms with Crippen LogP contribution in [0.1, 0.15) is 12.8 Å². The SMILES string of the molecule is O=C(CC(C(=O)O)(C(=O)O)C(=O)O)OC(=O)CC(C(=O)O)(C(=O)O)C(=O)O. The van der Waals surface area contributed by atoms with Gasteiger partial charge in [0, 0.05) is 0 Å². The standard InChI is InChI=1S/C12H10O15/c13-3(1-11(5(15)16,6(17)18)7(19)20)27-4(14)2-12(8(21)22,9(23)24)10(25)26/h1-2H2,(H,15,16)(H,17,18)(H,19,20)(H,21,22)(H,23,24)(H,25,26). The Bertz CT molecular complexity index is 610. The normalized spacial score (nSPS) is 11.1. The Morgan fingerprint density at radius 2 is 0.667 bits per heavy atom. The van der Waals surface area contributed by atoms with E-state index < -0.39 is 71.4 Å². The van der Waals surface area contributed by atoms with E-state index in [0.29, 0.717) is 0 Å². The molecule has 0 atom stereocenters. The lowest BCUT2D eigenvalue weighted by Gasteiger charge is -2.20. The zero-order valence-corrected chi connectivity index (χ0v) is 12.8. The van der Waals surface area contributed by atoms with Gasteiger partial charge in [0.25, 0.3) is 10.8 Å². The number of hydrogen-bond acceptors (Lipinski definition) is 9. The molecule has 0 aromatic carbocycles. The number of carboxylic acids is 6. The molecule has 0 heterocycles. The van der Waals surface area contributed by atoms with E-state index in [-0.39, 0.29) is 0 Å². The Kier molecular flexibility index (Phi) is 6.71. The summed E-state index contributed by atoms with van der Waals surface area (Å²) < 4.78 is 3.80. The summed E-state index contributed by atoms with van der Waals surface area (Å²) in [5, 5.41) is 52.6. The van der Waals surface area contributed by atoms with Crippen molar-refractivity contribution in [2.24, 2.45) is 10.8 Å². The molecule has 0 fully saturated rings. The quantitative estimate of drug-likeness (QED) is 0.163. The average molecular weight is 394 g/mol. The van der Waals surface area contributed by atoms with Crippen molar-refractivity contribution in [2.75, 3.05) is 0 Å². The van der Waals surface area contributed by atoms with Crippen molar-refractivity contribution in [1.29, 1.82) is 0 Å². The highest BCUT2D eigenvalue weighted by Crippen LogP contribution is 2.27. The lowest BCUT2D eigenvalue weighted by Crippen LogP contribution is -2.49. The smallest absolute Gasteiger partial charge is 0.333 e. The molecular formula is C12H10O15. The van der Waals surface area contributed by atoms with Crippen molar-refractivity contribution in [3.8, 4) is 0 Å². The van der Waals surface area contributed by atoms with E-state index in [0.717, 1.165) is 0 Å². The van der Waals surface area contributed by atoms with Crippen LogP contribution in [-0.2, 0) is 43.1 Å². The van der Waals surface area contributed by atoms with E-state index in [1.807, 2.05) is 0 Å². The van der Waals surface area contributed by atoms with Gasteiger partial charge in [0.2, 0.25) is 0 Å². The number of carboxylic acid groups (broad SMARTS) is 6. The van der Waals surface area contributed by atoms with Gasteiger partial charge in [-0.05, 0) is 0 Å². The Morgan fingerprint density at radius 1 is 0.481 bits per heavy atom. The number of aliphatic carboxylic acids is 6. The second-order valence-electron chi connectivity index (χ2n) is 4.84. The molecule has 0 amide bonds. The fourth-order valence-electron chi connectivity index (χ4n) is 1.63. The number of carbonyl (C=O) groups is 8. The summed E-state index contributed by atoms with van der Waals surface area (Å²) in [5.41, 5.74) is -7.53. The third-order valence-electron chi connectivity index (χ3n) is 3.24. The highest BCUT2D eigenvalue weighted by Gasteiger charge is 2.58. The minimum absolute atomic E-state index is 1.95. The Labute approximate surface area is 146 Å². The molecular weight excluding hydrogens is 384 g/mol. The molecule has 0 saturated carbocycles. The van der Waals surface area contributed by atoms with Gasteiger partial charge >= 0.3 is 47.8 Å². The molecule has 0 unspecified atom stereocenters. The predicted molar refractivity (Wildman–Crippen MR) is 71.0 cm³/mol. The van der Waals surface area contributed by atoms with E-state index in [9.17, 15) is 38.4 Å². The van der Waals surface area contributed by atoms with Gasteiger partial charge in [-0.1, -0.05) is 0 Å². The maximum Gasteiger partial charge on any atom is 0.333 e. The number of hydrogen-bond donors (Lipinski definition) is 6. The topological polar surface area (TPSA) is 267 Å². The summed E-state index contributed by atoms with van der Waals surface area (Å²) in [6.45, 7) is 0. The van der Waals surface area contributed by atoms with Crippen LogP contribution in [0.15, 0.2) is 0 Å². The van der Waals surface area contributed by atoms with Gasteiger partial charge in [-0.15, -0.1) is 0 Å². The molecule has 148 valence electrons. The van der Waals surface area contributed by atoms with Crippen LogP contribution in [-0.4, -0.2) is 78.4 Å². The summed E-state index contributed by atoms with van der Waals surface area (Å²) >= 11 is 0. The van der Waals surface area contributed by atoms with Crippen LogP contribution in [0.3, 0.4) is 0 Å². The van der Waals surface area contributed by atoms with E-state index in [1.54, 1.807) is 0 Å². The molecule has 0 rings (SSSR count). The first kappa shape index (κ1) is 23.0. The van der Waals surface area contributed by atoms with Crippen molar-refractivity contribution in [3.05, 3.63) is 0 Å². The third-order valence-corrected chi connectivity index (χ3v) is 3.24. The first-order chi connectivity index (χ1) is 12.2. The summed E-state index contributed by atoms with van der Waals surface area (Å²) in [6, 6.07) is 0. The molecule has 0 aromatic rings. The molecule has 0 saturated heterocycles. The first-order valence-corrected chi connectivity index (χ1v) is 6.30. The van der Waals surface area contributed by atoms with Gasteiger partial charge in [0.15, 0.2) is 0 Å². The number of ether oxygens (including phenoxy) is 1.